The molecule has 0 fully saturated rings. The second kappa shape index (κ2) is 6.59. The Kier molecular flexibility index (Phi) is 5.60. The molecule has 1 rings (SSSR count). The summed E-state index contributed by atoms with van der Waals surface area (Å²) in [6.45, 7) is 4.06. The van der Waals surface area contributed by atoms with Crippen molar-refractivity contribution < 1.29 is 26.0 Å². The van der Waals surface area contributed by atoms with Crippen LogP contribution < -0.4 is 10.0 Å². The smallest absolute Gasteiger partial charge is 0.390 e. The maximum Gasteiger partial charge on any atom is 0.390 e. The van der Waals surface area contributed by atoms with Crippen LogP contribution in [0.15, 0.2) is 21.6 Å². The normalized spacial score (nSPS) is 14.4. The van der Waals surface area contributed by atoms with Crippen molar-refractivity contribution in [3.63, 3.8) is 0 Å². The Balaban J connectivity index is 2.71. The van der Waals surface area contributed by atoms with Crippen molar-refractivity contribution in [2.24, 2.45) is 0 Å². The maximum atomic E-state index is 12.2. The number of furan rings is 1. The third kappa shape index (κ3) is 5.51. The highest BCUT2D eigenvalue weighted by Gasteiger charge is 2.32. The van der Waals surface area contributed by atoms with Crippen molar-refractivity contribution in [1.29, 1.82) is 0 Å². The van der Waals surface area contributed by atoms with Gasteiger partial charge in [-0.25, -0.2) is 13.1 Å². The minimum atomic E-state index is -4.43. The third-order valence-electron chi connectivity index (χ3n) is 2.35. The van der Waals surface area contributed by atoms with E-state index in [-0.39, 0.29) is 5.09 Å². The summed E-state index contributed by atoms with van der Waals surface area (Å²) in [6, 6.07) is 1.42. The molecule has 1 aromatic rings. The van der Waals surface area contributed by atoms with Crippen LogP contribution in [0.4, 0.5) is 13.2 Å². The number of hydrogen-bond acceptors (Lipinski definition) is 4. The van der Waals surface area contributed by atoms with E-state index in [4.69, 9.17) is 4.42 Å². The lowest BCUT2D eigenvalue weighted by molar-refractivity contribution is -0.137. The molecule has 116 valence electrons. The molecule has 0 aliphatic rings. The molecule has 1 aromatic heterocycles. The van der Waals surface area contributed by atoms with Crippen molar-refractivity contribution in [2.45, 2.75) is 44.1 Å². The molecule has 1 heterocycles. The summed E-state index contributed by atoms with van der Waals surface area (Å²) in [7, 11) is -4.08. The van der Waals surface area contributed by atoms with Crippen molar-refractivity contribution in [2.75, 3.05) is 6.54 Å². The van der Waals surface area contributed by atoms with E-state index < -0.39 is 28.7 Å². The van der Waals surface area contributed by atoms with Crippen LogP contribution in [0.3, 0.4) is 0 Å². The lowest BCUT2D eigenvalue weighted by Crippen LogP contribution is -2.35. The highest BCUT2D eigenvalue weighted by Crippen LogP contribution is 2.22. The topological polar surface area (TPSA) is 71.3 Å². The van der Waals surface area contributed by atoms with Crippen molar-refractivity contribution in [3.8, 4) is 0 Å². The van der Waals surface area contributed by atoms with E-state index in [2.05, 4.69) is 5.32 Å². The molecular formula is C11H17F3N2O3S. The SMILES string of the molecule is CCNCc1ccc(S(=O)(=O)NC(C)CC(F)(F)F)o1. The number of nitrogens with one attached hydrogen (secondary N) is 2. The first kappa shape index (κ1) is 17.0. The average Bonchev–Trinajstić information content (AvgIpc) is 2.71. The van der Waals surface area contributed by atoms with Crippen LogP contribution in [0, 0.1) is 0 Å². The van der Waals surface area contributed by atoms with Gasteiger partial charge in [-0.05, 0) is 25.6 Å². The fourth-order valence-electron chi connectivity index (χ4n) is 1.56. The summed E-state index contributed by atoms with van der Waals surface area (Å²) in [5, 5.41) is 2.55. The maximum absolute atomic E-state index is 12.2. The van der Waals surface area contributed by atoms with E-state index in [0.717, 1.165) is 6.92 Å². The van der Waals surface area contributed by atoms with Gasteiger partial charge in [-0.2, -0.15) is 13.2 Å². The summed E-state index contributed by atoms with van der Waals surface area (Å²) >= 11 is 0. The fraction of sp³-hybridized carbons (Fsp3) is 0.636. The third-order valence-corrected chi connectivity index (χ3v) is 3.81. The molecule has 2 N–H and O–H groups in total. The molecule has 0 spiro atoms. The van der Waals surface area contributed by atoms with E-state index in [1.54, 1.807) is 0 Å². The molecule has 0 aromatic carbocycles. The second-order valence-electron chi connectivity index (χ2n) is 4.34. The minimum absolute atomic E-state index is 0.351. The first-order chi connectivity index (χ1) is 9.14. The van der Waals surface area contributed by atoms with Gasteiger partial charge in [-0.15, -0.1) is 0 Å². The largest absolute Gasteiger partial charge is 0.447 e. The summed E-state index contributed by atoms with van der Waals surface area (Å²) in [5.74, 6) is 0.399. The van der Waals surface area contributed by atoms with Gasteiger partial charge >= 0.3 is 6.18 Å². The Morgan fingerprint density at radius 1 is 1.35 bits per heavy atom. The van der Waals surface area contributed by atoms with Crippen LogP contribution in [0.25, 0.3) is 0 Å². The number of sulfonamides is 1. The van der Waals surface area contributed by atoms with E-state index in [1.165, 1.54) is 12.1 Å². The van der Waals surface area contributed by atoms with Crippen LogP contribution in [-0.4, -0.2) is 27.2 Å². The Bertz CT molecular complexity index is 525. The van der Waals surface area contributed by atoms with Crippen LogP contribution in [0.5, 0.6) is 0 Å². The summed E-state index contributed by atoms with van der Waals surface area (Å²) in [4.78, 5) is 0. The lowest BCUT2D eigenvalue weighted by Gasteiger charge is -2.14. The molecule has 0 saturated heterocycles. The van der Waals surface area contributed by atoms with Crippen LogP contribution in [-0.2, 0) is 16.6 Å². The predicted molar refractivity (Wildman–Crippen MR) is 66.5 cm³/mol. The molecule has 0 aliphatic carbocycles. The van der Waals surface area contributed by atoms with Gasteiger partial charge in [0.05, 0.1) is 13.0 Å². The standard InChI is InChI=1S/C11H17F3N2O3S/c1-3-15-7-9-4-5-10(19-9)20(17,18)16-8(2)6-11(12,13)14/h4-5,8,15-16H,3,6-7H2,1-2H3. The zero-order chi connectivity index (χ0) is 15.4. The van der Waals surface area contributed by atoms with Crippen LogP contribution in [0.1, 0.15) is 26.0 Å². The van der Waals surface area contributed by atoms with Crippen molar-refractivity contribution in [1.82, 2.24) is 10.0 Å². The van der Waals surface area contributed by atoms with E-state index in [1.807, 2.05) is 11.6 Å². The average molecular weight is 314 g/mol. The van der Waals surface area contributed by atoms with Gasteiger partial charge < -0.3 is 9.73 Å². The van der Waals surface area contributed by atoms with Crippen LogP contribution >= 0.6 is 0 Å². The first-order valence-corrected chi connectivity index (χ1v) is 7.51. The Morgan fingerprint density at radius 3 is 2.55 bits per heavy atom. The van der Waals surface area contributed by atoms with Gasteiger partial charge in [0.25, 0.3) is 10.0 Å². The molecule has 9 heteroatoms. The van der Waals surface area contributed by atoms with Gasteiger partial charge in [0.2, 0.25) is 5.09 Å². The van der Waals surface area contributed by atoms with Gasteiger partial charge in [-0.3, -0.25) is 0 Å². The summed E-state index contributed by atoms with van der Waals surface area (Å²) < 4.78 is 67.2. The predicted octanol–water partition coefficient (Wildman–Crippen LogP) is 2.01. The van der Waals surface area contributed by atoms with E-state index >= 15 is 0 Å². The van der Waals surface area contributed by atoms with Gasteiger partial charge in [0.1, 0.15) is 5.76 Å². The lowest BCUT2D eigenvalue weighted by atomic mass is 10.2. The first-order valence-electron chi connectivity index (χ1n) is 6.02. The highest BCUT2D eigenvalue weighted by molar-refractivity contribution is 7.89. The fourth-order valence-corrected chi connectivity index (χ4v) is 2.75. The van der Waals surface area contributed by atoms with E-state index in [9.17, 15) is 21.6 Å². The molecular weight excluding hydrogens is 297 g/mol. The molecule has 0 amide bonds. The molecule has 0 radical (unpaired) electrons. The number of hydrogen-bond donors (Lipinski definition) is 2. The Labute approximate surface area is 115 Å². The molecule has 1 atom stereocenters. The molecule has 0 aliphatic heterocycles. The molecule has 0 bridgehead atoms. The molecule has 1 unspecified atom stereocenters. The van der Waals surface area contributed by atoms with Gasteiger partial charge in [0.15, 0.2) is 0 Å². The quantitative estimate of drug-likeness (QED) is 0.807. The monoisotopic (exact) mass is 314 g/mol. The number of rotatable bonds is 7. The van der Waals surface area contributed by atoms with Crippen LogP contribution in [0.2, 0.25) is 0 Å². The number of halogens is 3. The second-order valence-corrected chi connectivity index (χ2v) is 5.99. The zero-order valence-corrected chi connectivity index (χ0v) is 11.9. The van der Waals surface area contributed by atoms with Crippen molar-refractivity contribution in [3.05, 3.63) is 17.9 Å². The number of alkyl halides is 3. The van der Waals surface area contributed by atoms with Crippen molar-refractivity contribution >= 4 is 10.0 Å². The molecule has 0 saturated carbocycles. The Morgan fingerprint density at radius 2 is 2.00 bits per heavy atom. The van der Waals surface area contributed by atoms with Gasteiger partial charge in [0, 0.05) is 6.04 Å². The molecule has 5 nitrogen and oxygen atoms in total. The summed E-state index contributed by atoms with van der Waals surface area (Å²) in [6.07, 6.45) is -5.67. The molecule has 20 heavy (non-hydrogen) atoms. The van der Waals surface area contributed by atoms with E-state index in [0.29, 0.717) is 18.8 Å². The highest BCUT2D eigenvalue weighted by atomic mass is 32.2. The minimum Gasteiger partial charge on any atom is -0.447 e. The summed E-state index contributed by atoms with van der Waals surface area (Å²) in [5.41, 5.74) is 0. The zero-order valence-electron chi connectivity index (χ0n) is 11.1. The van der Waals surface area contributed by atoms with Gasteiger partial charge in [-0.1, -0.05) is 6.92 Å². The Hall–Kier alpha value is -1.06.